The van der Waals surface area contributed by atoms with E-state index in [4.69, 9.17) is 5.11 Å². The summed E-state index contributed by atoms with van der Waals surface area (Å²) in [6.45, 7) is 0.745. The number of unbranched alkanes of at least 4 members (excludes halogenated alkanes) is 2. The minimum atomic E-state index is -0.333. The van der Waals surface area contributed by atoms with Gasteiger partial charge in [0.25, 0.3) is 0 Å². The molecule has 0 radical (unpaired) electrons. The summed E-state index contributed by atoms with van der Waals surface area (Å²) < 4.78 is 12.6. The van der Waals surface area contributed by atoms with E-state index >= 15 is 0 Å². The van der Waals surface area contributed by atoms with Crippen molar-refractivity contribution in [3.8, 4) is 0 Å². The predicted molar refractivity (Wildman–Crippen MR) is 64.4 cm³/mol. The third-order valence-electron chi connectivity index (χ3n) is 2.22. The van der Waals surface area contributed by atoms with Gasteiger partial charge in [0.15, 0.2) is 0 Å². The van der Waals surface area contributed by atoms with Gasteiger partial charge >= 0.3 is 6.03 Å². The number of hydrogen-bond acceptors (Lipinski definition) is 2. The molecular weight excluding hydrogens is 223 g/mol. The number of carbonyl (C=O) groups is 1. The summed E-state index contributed by atoms with van der Waals surface area (Å²) in [7, 11) is 0. The van der Waals surface area contributed by atoms with Crippen LogP contribution < -0.4 is 10.6 Å². The molecule has 0 aromatic heterocycles. The van der Waals surface area contributed by atoms with Gasteiger partial charge in [0.1, 0.15) is 5.82 Å². The molecule has 0 aliphatic rings. The van der Waals surface area contributed by atoms with E-state index < -0.39 is 0 Å². The van der Waals surface area contributed by atoms with Crippen LogP contribution in [0.4, 0.5) is 14.9 Å². The minimum Gasteiger partial charge on any atom is -0.396 e. The van der Waals surface area contributed by atoms with Crippen LogP contribution in [0.1, 0.15) is 19.3 Å². The van der Waals surface area contributed by atoms with Crippen molar-refractivity contribution in [1.82, 2.24) is 5.32 Å². The first-order valence-electron chi connectivity index (χ1n) is 5.63. The van der Waals surface area contributed by atoms with Crippen LogP contribution in [-0.2, 0) is 0 Å². The number of hydrogen-bond donors (Lipinski definition) is 3. The third-order valence-corrected chi connectivity index (χ3v) is 2.22. The number of rotatable bonds is 6. The summed E-state index contributed by atoms with van der Waals surface area (Å²) in [5, 5.41) is 13.8. The second kappa shape index (κ2) is 7.62. The molecule has 0 fully saturated rings. The number of carbonyl (C=O) groups excluding carboxylic acids is 1. The molecule has 0 unspecified atom stereocenters. The molecule has 1 rings (SSSR count). The Balaban J connectivity index is 2.18. The molecule has 0 bridgehead atoms. The van der Waals surface area contributed by atoms with Crippen LogP contribution in [0.15, 0.2) is 24.3 Å². The molecule has 2 amide bonds. The van der Waals surface area contributed by atoms with Gasteiger partial charge in [0.05, 0.1) is 0 Å². The molecule has 0 aliphatic heterocycles. The van der Waals surface area contributed by atoms with Crippen LogP contribution in [0, 0.1) is 5.82 Å². The molecule has 4 nitrogen and oxygen atoms in total. The first-order valence-corrected chi connectivity index (χ1v) is 5.63. The molecule has 1 aromatic rings. The average molecular weight is 240 g/mol. The summed E-state index contributed by atoms with van der Waals surface area (Å²) >= 11 is 0. The molecule has 17 heavy (non-hydrogen) atoms. The molecule has 0 atom stereocenters. The quantitative estimate of drug-likeness (QED) is 0.667. The van der Waals surface area contributed by atoms with E-state index in [0.29, 0.717) is 12.2 Å². The fraction of sp³-hybridized carbons (Fsp3) is 0.417. The monoisotopic (exact) mass is 240 g/mol. The van der Waals surface area contributed by atoms with Crippen molar-refractivity contribution < 1.29 is 14.3 Å². The van der Waals surface area contributed by atoms with Crippen molar-refractivity contribution in [1.29, 1.82) is 0 Å². The largest absolute Gasteiger partial charge is 0.396 e. The van der Waals surface area contributed by atoms with Crippen LogP contribution >= 0.6 is 0 Å². The minimum absolute atomic E-state index is 0.182. The molecular formula is C12H17FN2O2. The van der Waals surface area contributed by atoms with Gasteiger partial charge in [-0.3, -0.25) is 0 Å². The molecule has 1 aromatic carbocycles. The van der Waals surface area contributed by atoms with Crippen molar-refractivity contribution >= 4 is 11.7 Å². The highest BCUT2D eigenvalue weighted by Crippen LogP contribution is 2.07. The van der Waals surface area contributed by atoms with Crippen molar-refractivity contribution in [2.75, 3.05) is 18.5 Å². The average Bonchev–Trinajstić information content (AvgIpc) is 2.32. The lowest BCUT2D eigenvalue weighted by Crippen LogP contribution is -2.29. The molecule has 5 heteroatoms. The first kappa shape index (κ1) is 13.4. The number of aliphatic hydroxyl groups is 1. The number of halogens is 1. The van der Waals surface area contributed by atoms with Crippen LogP contribution in [0.3, 0.4) is 0 Å². The molecule has 0 heterocycles. The van der Waals surface area contributed by atoms with E-state index in [1.165, 1.54) is 24.3 Å². The Kier molecular flexibility index (Phi) is 6.03. The summed E-state index contributed by atoms with van der Waals surface area (Å²) in [5.41, 5.74) is 0.555. The van der Waals surface area contributed by atoms with Crippen molar-refractivity contribution in [3.05, 3.63) is 30.1 Å². The summed E-state index contributed by atoms with van der Waals surface area (Å²) in [6, 6.07) is 5.27. The van der Waals surface area contributed by atoms with Gasteiger partial charge < -0.3 is 15.7 Å². The fourth-order valence-corrected chi connectivity index (χ4v) is 1.32. The molecule has 0 saturated carbocycles. The normalized spacial score (nSPS) is 10.0. The summed E-state index contributed by atoms with van der Waals surface area (Å²) in [4.78, 5) is 11.4. The van der Waals surface area contributed by atoms with Crippen LogP contribution in [0.25, 0.3) is 0 Å². The van der Waals surface area contributed by atoms with Crippen LogP contribution in [0.5, 0.6) is 0 Å². The lowest BCUT2D eigenvalue weighted by molar-refractivity contribution is 0.251. The highest BCUT2D eigenvalue weighted by Gasteiger charge is 2.00. The Labute approximate surface area is 99.8 Å². The molecule has 3 N–H and O–H groups in total. The Morgan fingerprint density at radius 3 is 2.53 bits per heavy atom. The third kappa shape index (κ3) is 5.87. The lowest BCUT2D eigenvalue weighted by Gasteiger charge is -2.07. The highest BCUT2D eigenvalue weighted by atomic mass is 19.1. The second-order valence-corrected chi connectivity index (χ2v) is 3.67. The maximum absolute atomic E-state index is 12.6. The second-order valence-electron chi connectivity index (χ2n) is 3.67. The van der Waals surface area contributed by atoms with E-state index in [0.717, 1.165) is 19.3 Å². The summed E-state index contributed by atoms with van der Waals surface area (Å²) in [5.74, 6) is -0.333. The van der Waals surface area contributed by atoms with Gasteiger partial charge in [0, 0.05) is 18.8 Å². The number of amides is 2. The lowest BCUT2D eigenvalue weighted by atomic mass is 10.2. The molecule has 0 spiro atoms. The van der Waals surface area contributed by atoms with Crippen LogP contribution in [-0.4, -0.2) is 24.3 Å². The first-order chi connectivity index (χ1) is 8.22. The SMILES string of the molecule is O=C(NCCCCCO)Nc1ccc(F)cc1. The standard InChI is InChI=1S/C12H17FN2O2/c13-10-4-6-11(7-5-10)15-12(17)14-8-2-1-3-9-16/h4-7,16H,1-3,8-9H2,(H2,14,15,17). The van der Waals surface area contributed by atoms with E-state index in [-0.39, 0.29) is 18.5 Å². The number of nitrogens with one attached hydrogen (secondary N) is 2. The maximum atomic E-state index is 12.6. The van der Waals surface area contributed by atoms with Gasteiger partial charge in [0.2, 0.25) is 0 Å². The Hall–Kier alpha value is -1.62. The number of aliphatic hydroxyl groups excluding tert-OH is 1. The number of benzene rings is 1. The zero-order valence-corrected chi connectivity index (χ0v) is 9.58. The molecule has 0 saturated heterocycles. The van der Waals surface area contributed by atoms with E-state index in [1.807, 2.05) is 0 Å². The van der Waals surface area contributed by atoms with Gasteiger partial charge in [-0.15, -0.1) is 0 Å². The van der Waals surface area contributed by atoms with Gasteiger partial charge in [-0.05, 0) is 43.5 Å². The number of anilines is 1. The van der Waals surface area contributed by atoms with Gasteiger partial charge in [-0.25, -0.2) is 9.18 Å². The Morgan fingerprint density at radius 1 is 1.18 bits per heavy atom. The van der Waals surface area contributed by atoms with Gasteiger partial charge in [-0.1, -0.05) is 0 Å². The van der Waals surface area contributed by atoms with Crippen molar-refractivity contribution in [3.63, 3.8) is 0 Å². The zero-order valence-electron chi connectivity index (χ0n) is 9.58. The van der Waals surface area contributed by atoms with E-state index in [2.05, 4.69) is 10.6 Å². The van der Waals surface area contributed by atoms with Crippen molar-refractivity contribution in [2.45, 2.75) is 19.3 Å². The van der Waals surface area contributed by atoms with E-state index in [1.54, 1.807) is 0 Å². The smallest absolute Gasteiger partial charge is 0.319 e. The predicted octanol–water partition coefficient (Wildman–Crippen LogP) is 2.11. The fourth-order valence-electron chi connectivity index (χ4n) is 1.32. The van der Waals surface area contributed by atoms with Crippen LogP contribution in [0.2, 0.25) is 0 Å². The topological polar surface area (TPSA) is 61.4 Å². The molecule has 0 aliphatic carbocycles. The highest BCUT2D eigenvalue weighted by molar-refractivity contribution is 5.89. The number of urea groups is 1. The van der Waals surface area contributed by atoms with Gasteiger partial charge in [-0.2, -0.15) is 0 Å². The van der Waals surface area contributed by atoms with E-state index in [9.17, 15) is 9.18 Å². The Morgan fingerprint density at radius 2 is 1.88 bits per heavy atom. The zero-order chi connectivity index (χ0) is 12.5. The maximum Gasteiger partial charge on any atom is 0.319 e. The Bertz CT molecular complexity index is 341. The van der Waals surface area contributed by atoms with Crippen molar-refractivity contribution in [2.24, 2.45) is 0 Å². The summed E-state index contributed by atoms with van der Waals surface area (Å²) in [6.07, 6.45) is 2.46. The molecule has 94 valence electrons.